The molecular weight excluding hydrogens is 320 g/mol. The predicted octanol–water partition coefficient (Wildman–Crippen LogP) is 0.823. The number of ether oxygens (including phenoxy) is 2. The highest BCUT2D eigenvalue weighted by Crippen LogP contribution is 2.24. The molecule has 0 aliphatic rings. The fraction of sp³-hybridized carbons (Fsp3) is 0.533. The van der Waals surface area contributed by atoms with Crippen molar-refractivity contribution in [2.45, 2.75) is 31.2 Å². The minimum Gasteiger partial charge on any atom is -0.495 e. The van der Waals surface area contributed by atoms with E-state index in [1.54, 1.807) is 26.2 Å². The van der Waals surface area contributed by atoms with Crippen LogP contribution in [0.1, 0.15) is 18.9 Å². The fourth-order valence-electron chi connectivity index (χ4n) is 1.92. The van der Waals surface area contributed by atoms with Gasteiger partial charge in [0.2, 0.25) is 15.9 Å². The third-order valence-corrected chi connectivity index (χ3v) is 4.72. The molecule has 0 heterocycles. The van der Waals surface area contributed by atoms with E-state index in [1.807, 2.05) is 0 Å². The molecule has 0 aliphatic heterocycles. The predicted molar refractivity (Wildman–Crippen MR) is 87.0 cm³/mol. The number of amides is 1. The number of methoxy groups -OCH3 is 2. The smallest absolute Gasteiger partial charge is 0.244 e. The minimum absolute atomic E-state index is 0.0130. The first kappa shape index (κ1) is 19.4. The molecule has 0 fully saturated rings. The van der Waals surface area contributed by atoms with Crippen molar-refractivity contribution in [3.8, 4) is 5.75 Å². The Morgan fingerprint density at radius 1 is 1.30 bits per heavy atom. The standard InChI is InChI=1S/C15H24N2O5S/c1-11-6-7-13(22-4)14(10-11)23(19,20)17-12(2)15(18)16-8-5-9-21-3/h6-7,10,12,17H,5,8-9H2,1-4H3,(H,16,18)/t12-/m1/s1. The molecule has 7 nitrogen and oxygen atoms in total. The Morgan fingerprint density at radius 3 is 2.61 bits per heavy atom. The normalized spacial score (nSPS) is 12.7. The van der Waals surface area contributed by atoms with Crippen molar-refractivity contribution in [1.29, 1.82) is 0 Å². The van der Waals surface area contributed by atoms with Gasteiger partial charge in [0.15, 0.2) is 0 Å². The highest BCUT2D eigenvalue weighted by molar-refractivity contribution is 7.89. The van der Waals surface area contributed by atoms with Gasteiger partial charge in [0.05, 0.1) is 13.2 Å². The Balaban J connectivity index is 2.78. The molecule has 0 saturated carbocycles. The van der Waals surface area contributed by atoms with E-state index in [9.17, 15) is 13.2 Å². The number of carbonyl (C=O) groups excluding carboxylic acids is 1. The van der Waals surface area contributed by atoms with Crippen LogP contribution in [-0.4, -0.2) is 47.7 Å². The second-order valence-corrected chi connectivity index (χ2v) is 6.82. The zero-order valence-corrected chi connectivity index (χ0v) is 14.7. The molecule has 0 saturated heterocycles. The Morgan fingerprint density at radius 2 is 2.00 bits per heavy atom. The summed E-state index contributed by atoms with van der Waals surface area (Å²) >= 11 is 0. The molecule has 23 heavy (non-hydrogen) atoms. The lowest BCUT2D eigenvalue weighted by Gasteiger charge is -2.16. The minimum atomic E-state index is -3.87. The monoisotopic (exact) mass is 344 g/mol. The van der Waals surface area contributed by atoms with Gasteiger partial charge in [-0.25, -0.2) is 8.42 Å². The van der Waals surface area contributed by atoms with E-state index in [4.69, 9.17) is 9.47 Å². The lowest BCUT2D eigenvalue weighted by atomic mass is 10.2. The van der Waals surface area contributed by atoms with Crippen LogP contribution in [0.3, 0.4) is 0 Å². The molecule has 0 aliphatic carbocycles. The maximum absolute atomic E-state index is 12.5. The van der Waals surface area contributed by atoms with Gasteiger partial charge in [-0.1, -0.05) is 6.07 Å². The number of rotatable bonds is 9. The molecule has 1 aromatic carbocycles. The van der Waals surface area contributed by atoms with Crippen LogP contribution in [0.2, 0.25) is 0 Å². The van der Waals surface area contributed by atoms with Crippen molar-refractivity contribution in [1.82, 2.24) is 10.0 Å². The SMILES string of the molecule is COCCCNC(=O)[C@@H](C)NS(=O)(=O)c1cc(C)ccc1OC. The largest absolute Gasteiger partial charge is 0.495 e. The molecule has 2 N–H and O–H groups in total. The molecule has 1 rings (SSSR count). The van der Waals surface area contributed by atoms with Crippen molar-refractivity contribution in [3.05, 3.63) is 23.8 Å². The molecular formula is C15H24N2O5S. The summed E-state index contributed by atoms with van der Waals surface area (Å²) in [5.41, 5.74) is 0.780. The van der Waals surface area contributed by atoms with Crippen LogP contribution < -0.4 is 14.8 Å². The van der Waals surface area contributed by atoms with Crippen LogP contribution in [-0.2, 0) is 19.6 Å². The van der Waals surface area contributed by atoms with Gasteiger partial charge < -0.3 is 14.8 Å². The molecule has 130 valence electrons. The van der Waals surface area contributed by atoms with Gasteiger partial charge >= 0.3 is 0 Å². The number of benzene rings is 1. The van der Waals surface area contributed by atoms with E-state index < -0.39 is 22.0 Å². The Bertz CT molecular complexity index is 631. The zero-order valence-electron chi connectivity index (χ0n) is 13.9. The average Bonchev–Trinajstić information content (AvgIpc) is 2.50. The zero-order chi connectivity index (χ0) is 17.5. The van der Waals surface area contributed by atoms with Crippen LogP contribution in [0.15, 0.2) is 23.1 Å². The molecule has 0 radical (unpaired) electrons. The third-order valence-electron chi connectivity index (χ3n) is 3.16. The molecule has 8 heteroatoms. The summed E-state index contributed by atoms with van der Waals surface area (Å²) in [6, 6.07) is 3.95. The summed E-state index contributed by atoms with van der Waals surface area (Å²) in [7, 11) is -0.890. The first-order valence-corrected chi connectivity index (χ1v) is 8.73. The maximum Gasteiger partial charge on any atom is 0.244 e. The van der Waals surface area contributed by atoms with E-state index in [0.29, 0.717) is 19.6 Å². The molecule has 1 atom stereocenters. The average molecular weight is 344 g/mol. The molecule has 0 aromatic heterocycles. The summed E-state index contributed by atoms with van der Waals surface area (Å²) in [4.78, 5) is 11.9. The van der Waals surface area contributed by atoms with Crippen molar-refractivity contribution in [3.63, 3.8) is 0 Å². The van der Waals surface area contributed by atoms with Gasteiger partial charge in [0.25, 0.3) is 0 Å². The summed E-state index contributed by atoms with van der Waals surface area (Å²) in [5, 5.41) is 2.65. The number of nitrogens with one attached hydrogen (secondary N) is 2. The summed E-state index contributed by atoms with van der Waals surface area (Å²) in [6.07, 6.45) is 0.660. The lowest BCUT2D eigenvalue weighted by molar-refractivity contribution is -0.122. The Kier molecular flexibility index (Phi) is 7.47. The molecule has 1 amide bonds. The summed E-state index contributed by atoms with van der Waals surface area (Å²) in [6.45, 7) is 4.23. The van der Waals surface area contributed by atoms with Crippen LogP contribution in [0.4, 0.5) is 0 Å². The quantitative estimate of drug-likeness (QED) is 0.647. The first-order chi connectivity index (χ1) is 10.8. The highest BCUT2D eigenvalue weighted by Gasteiger charge is 2.24. The van der Waals surface area contributed by atoms with E-state index in [2.05, 4.69) is 10.0 Å². The van der Waals surface area contributed by atoms with Crippen molar-refractivity contribution >= 4 is 15.9 Å². The summed E-state index contributed by atoms with van der Waals surface area (Å²) < 4.78 is 37.3. The van der Waals surface area contributed by atoms with Crippen molar-refractivity contribution < 1.29 is 22.7 Å². The Hall–Kier alpha value is -1.64. The highest BCUT2D eigenvalue weighted by atomic mass is 32.2. The van der Waals surface area contributed by atoms with E-state index in [1.165, 1.54) is 20.1 Å². The van der Waals surface area contributed by atoms with Gasteiger partial charge in [-0.2, -0.15) is 4.72 Å². The van der Waals surface area contributed by atoms with Crippen LogP contribution in [0, 0.1) is 6.92 Å². The van der Waals surface area contributed by atoms with Gasteiger partial charge in [0.1, 0.15) is 10.6 Å². The van der Waals surface area contributed by atoms with Crippen molar-refractivity contribution in [2.24, 2.45) is 0 Å². The first-order valence-electron chi connectivity index (χ1n) is 7.25. The van der Waals surface area contributed by atoms with Gasteiger partial charge in [-0.3, -0.25) is 4.79 Å². The van der Waals surface area contributed by atoms with Crippen LogP contribution >= 0.6 is 0 Å². The number of sulfonamides is 1. The number of carbonyl (C=O) groups is 1. The lowest BCUT2D eigenvalue weighted by Crippen LogP contribution is -2.45. The van der Waals surface area contributed by atoms with E-state index in [-0.39, 0.29) is 10.6 Å². The molecule has 0 bridgehead atoms. The van der Waals surface area contributed by atoms with Crippen LogP contribution in [0.25, 0.3) is 0 Å². The molecule has 0 unspecified atom stereocenters. The number of hydrogen-bond acceptors (Lipinski definition) is 5. The van der Waals surface area contributed by atoms with Gasteiger partial charge in [0, 0.05) is 20.3 Å². The van der Waals surface area contributed by atoms with Gasteiger partial charge in [-0.15, -0.1) is 0 Å². The molecule has 0 spiro atoms. The third kappa shape index (κ3) is 5.81. The fourth-order valence-corrected chi connectivity index (χ4v) is 3.38. The van der Waals surface area contributed by atoms with E-state index in [0.717, 1.165) is 5.56 Å². The topological polar surface area (TPSA) is 93.7 Å². The Labute approximate surface area is 137 Å². The van der Waals surface area contributed by atoms with Crippen LogP contribution in [0.5, 0.6) is 5.75 Å². The molecule has 1 aromatic rings. The summed E-state index contributed by atoms with van der Waals surface area (Å²) in [5.74, 6) is -0.160. The van der Waals surface area contributed by atoms with E-state index >= 15 is 0 Å². The number of aryl methyl sites for hydroxylation is 1. The maximum atomic E-state index is 12.5. The van der Waals surface area contributed by atoms with Gasteiger partial charge in [-0.05, 0) is 38.0 Å². The second kappa shape index (κ2) is 8.85. The number of hydrogen-bond donors (Lipinski definition) is 2. The van der Waals surface area contributed by atoms with Crippen molar-refractivity contribution in [2.75, 3.05) is 27.4 Å². The second-order valence-electron chi connectivity index (χ2n) is 5.13.